The van der Waals surface area contributed by atoms with E-state index in [9.17, 15) is 4.21 Å². The van der Waals surface area contributed by atoms with Gasteiger partial charge in [-0.1, -0.05) is 29.8 Å². The third-order valence-corrected chi connectivity index (χ3v) is 5.25. The van der Waals surface area contributed by atoms with Gasteiger partial charge in [-0.25, -0.2) is 0 Å². The van der Waals surface area contributed by atoms with Gasteiger partial charge in [0.05, 0.1) is 0 Å². The molecule has 0 saturated heterocycles. The Kier molecular flexibility index (Phi) is 4.57. The van der Waals surface area contributed by atoms with Crippen LogP contribution in [0.4, 0.5) is 0 Å². The SMILES string of the molecule is Cc1ccc(C2CC(NCC(C)S(C)=O)C2)cc1. The number of benzene rings is 1. The molecule has 1 aromatic rings. The minimum atomic E-state index is -0.715. The summed E-state index contributed by atoms with van der Waals surface area (Å²) in [4.78, 5) is 0. The first-order chi connectivity index (χ1) is 8.56. The molecule has 2 nitrogen and oxygen atoms in total. The maximum absolute atomic E-state index is 11.3. The highest BCUT2D eigenvalue weighted by atomic mass is 32.2. The number of hydrogen-bond acceptors (Lipinski definition) is 2. The molecule has 2 rings (SSSR count). The quantitative estimate of drug-likeness (QED) is 0.886. The van der Waals surface area contributed by atoms with Crippen molar-refractivity contribution in [2.24, 2.45) is 0 Å². The zero-order valence-electron chi connectivity index (χ0n) is 11.5. The summed E-state index contributed by atoms with van der Waals surface area (Å²) < 4.78 is 11.3. The standard InChI is InChI=1S/C15H23NOS/c1-11-4-6-13(7-5-11)14-8-15(9-14)16-10-12(2)18(3)17/h4-7,12,14-16H,8-10H2,1-3H3. The van der Waals surface area contributed by atoms with E-state index in [4.69, 9.17) is 0 Å². The molecule has 0 radical (unpaired) electrons. The Morgan fingerprint density at radius 2 is 1.94 bits per heavy atom. The highest BCUT2D eigenvalue weighted by molar-refractivity contribution is 7.84. The summed E-state index contributed by atoms with van der Waals surface area (Å²) in [5, 5.41) is 3.77. The Morgan fingerprint density at radius 3 is 2.50 bits per heavy atom. The average Bonchev–Trinajstić information content (AvgIpc) is 2.28. The number of nitrogens with one attached hydrogen (secondary N) is 1. The van der Waals surface area contributed by atoms with Crippen LogP contribution in [0.5, 0.6) is 0 Å². The fourth-order valence-electron chi connectivity index (χ4n) is 2.35. The van der Waals surface area contributed by atoms with Crippen LogP contribution in [0.3, 0.4) is 0 Å². The summed E-state index contributed by atoms with van der Waals surface area (Å²) in [7, 11) is -0.715. The molecule has 100 valence electrons. The topological polar surface area (TPSA) is 29.1 Å². The lowest BCUT2D eigenvalue weighted by atomic mass is 9.76. The molecule has 3 heteroatoms. The molecule has 1 N–H and O–H groups in total. The summed E-state index contributed by atoms with van der Waals surface area (Å²) in [6, 6.07) is 9.50. The van der Waals surface area contributed by atoms with Crippen LogP contribution in [-0.2, 0) is 10.8 Å². The Labute approximate surface area is 113 Å². The lowest BCUT2D eigenvalue weighted by Crippen LogP contribution is -2.43. The van der Waals surface area contributed by atoms with Gasteiger partial charge in [0.2, 0.25) is 0 Å². The van der Waals surface area contributed by atoms with Crippen LogP contribution in [-0.4, -0.2) is 28.3 Å². The van der Waals surface area contributed by atoms with Gasteiger partial charge in [0.15, 0.2) is 0 Å². The molecule has 2 atom stereocenters. The highest BCUT2D eigenvalue weighted by Crippen LogP contribution is 2.36. The fraction of sp³-hybridized carbons (Fsp3) is 0.600. The van der Waals surface area contributed by atoms with Crippen LogP contribution >= 0.6 is 0 Å². The normalized spacial score (nSPS) is 26.4. The van der Waals surface area contributed by atoms with Gasteiger partial charge in [-0.15, -0.1) is 0 Å². The van der Waals surface area contributed by atoms with Crippen molar-refractivity contribution >= 4 is 10.8 Å². The smallest absolute Gasteiger partial charge is 0.0441 e. The van der Waals surface area contributed by atoms with E-state index in [-0.39, 0.29) is 5.25 Å². The van der Waals surface area contributed by atoms with E-state index in [0.29, 0.717) is 12.0 Å². The molecule has 0 heterocycles. The number of rotatable bonds is 5. The first-order valence-corrected chi connectivity index (χ1v) is 8.30. The van der Waals surface area contributed by atoms with Crippen LogP contribution in [0.2, 0.25) is 0 Å². The summed E-state index contributed by atoms with van der Waals surface area (Å²) in [6.07, 6.45) is 4.21. The van der Waals surface area contributed by atoms with E-state index in [2.05, 4.69) is 36.5 Å². The van der Waals surface area contributed by atoms with Crippen LogP contribution in [0.1, 0.15) is 36.8 Å². The van der Waals surface area contributed by atoms with E-state index >= 15 is 0 Å². The van der Waals surface area contributed by atoms with Gasteiger partial charge < -0.3 is 5.32 Å². The van der Waals surface area contributed by atoms with E-state index in [1.54, 1.807) is 6.26 Å². The largest absolute Gasteiger partial charge is 0.313 e. The molecule has 18 heavy (non-hydrogen) atoms. The lowest BCUT2D eigenvalue weighted by Gasteiger charge is -2.37. The average molecular weight is 265 g/mol. The van der Waals surface area contributed by atoms with Crippen molar-refractivity contribution in [2.75, 3.05) is 12.8 Å². The Hall–Kier alpha value is -0.670. The van der Waals surface area contributed by atoms with E-state index in [1.807, 2.05) is 6.92 Å². The molecular weight excluding hydrogens is 242 g/mol. The zero-order chi connectivity index (χ0) is 13.1. The molecule has 1 saturated carbocycles. The molecule has 0 aliphatic heterocycles. The summed E-state index contributed by atoms with van der Waals surface area (Å²) in [5.41, 5.74) is 2.79. The fourth-order valence-corrected chi connectivity index (χ4v) is 2.68. The third kappa shape index (κ3) is 3.42. The maximum Gasteiger partial charge on any atom is 0.0441 e. The molecule has 2 unspecified atom stereocenters. The van der Waals surface area contributed by atoms with Gasteiger partial charge in [-0.3, -0.25) is 4.21 Å². The second kappa shape index (κ2) is 5.98. The van der Waals surface area contributed by atoms with E-state index < -0.39 is 10.8 Å². The lowest BCUT2D eigenvalue weighted by molar-refractivity contribution is 0.292. The summed E-state index contributed by atoms with van der Waals surface area (Å²) in [6.45, 7) is 5.04. The van der Waals surface area contributed by atoms with Crippen LogP contribution in [0.15, 0.2) is 24.3 Å². The van der Waals surface area contributed by atoms with Gasteiger partial charge in [-0.2, -0.15) is 0 Å². The predicted octanol–water partition coefficient (Wildman–Crippen LogP) is 2.60. The molecule has 0 bridgehead atoms. The maximum atomic E-state index is 11.3. The molecule has 0 amide bonds. The zero-order valence-corrected chi connectivity index (χ0v) is 12.3. The third-order valence-electron chi connectivity index (χ3n) is 3.95. The Morgan fingerprint density at radius 1 is 1.33 bits per heavy atom. The van der Waals surface area contributed by atoms with Gasteiger partial charge in [0, 0.05) is 34.9 Å². The molecule has 0 spiro atoms. The van der Waals surface area contributed by atoms with Crippen molar-refractivity contribution in [3.63, 3.8) is 0 Å². The van der Waals surface area contributed by atoms with Crippen LogP contribution in [0.25, 0.3) is 0 Å². The van der Waals surface area contributed by atoms with Crippen molar-refractivity contribution in [2.45, 2.75) is 43.9 Å². The number of hydrogen-bond donors (Lipinski definition) is 1. The highest BCUT2D eigenvalue weighted by Gasteiger charge is 2.30. The molecular formula is C15H23NOS. The summed E-state index contributed by atoms with van der Waals surface area (Å²) >= 11 is 0. The second-order valence-electron chi connectivity index (χ2n) is 5.49. The van der Waals surface area contributed by atoms with Crippen molar-refractivity contribution in [3.05, 3.63) is 35.4 Å². The minimum Gasteiger partial charge on any atom is -0.313 e. The monoisotopic (exact) mass is 265 g/mol. The van der Waals surface area contributed by atoms with Crippen molar-refractivity contribution in [1.82, 2.24) is 5.32 Å². The molecule has 1 aliphatic rings. The first kappa shape index (κ1) is 13.8. The van der Waals surface area contributed by atoms with Gasteiger partial charge in [0.25, 0.3) is 0 Å². The second-order valence-corrected chi connectivity index (χ2v) is 7.30. The molecule has 1 aliphatic carbocycles. The van der Waals surface area contributed by atoms with Crippen molar-refractivity contribution in [1.29, 1.82) is 0 Å². The Bertz CT molecular complexity index is 409. The van der Waals surface area contributed by atoms with Crippen molar-refractivity contribution in [3.8, 4) is 0 Å². The van der Waals surface area contributed by atoms with Gasteiger partial charge >= 0.3 is 0 Å². The predicted molar refractivity (Wildman–Crippen MR) is 78.5 cm³/mol. The van der Waals surface area contributed by atoms with Gasteiger partial charge in [-0.05, 0) is 38.2 Å². The molecule has 0 aromatic heterocycles. The molecule has 1 fully saturated rings. The summed E-state index contributed by atoms with van der Waals surface area (Å²) in [5.74, 6) is 0.713. The van der Waals surface area contributed by atoms with Crippen LogP contribution < -0.4 is 5.32 Å². The Balaban J connectivity index is 1.74. The number of aryl methyl sites for hydroxylation is 1. The van der Waals surface area contributed by atoms with E-state index in [0.717, 1.165) is 6.54 Å². The first-order valence-electron chi connectivity index (χ1n) is 6.68. The van der Waals surface area contributed by atoms with Crippen LogP contribution in [0, 0.1) is 6.92 Å². The minimum absolute atomic E-state index is 0.253. The molecule has 1 aromatic carbocycles. The van der Waals surface area contributed by atoms with E-state index in [1.165, 1.54) is 24.0 Å². The van der Waals surface area contributed by atoms with Crippen molar-refractivity contribution < 1.29 is 4.21 Å². The van der Waals surface area contributed by atoms with Gasteiger partial charge in [0.1, 0.15) is 0 Å².